The van der Waals surface area contributed by atoms with Gasteiger partial charge in [0.25, 0.3) is 0 Å². The first-order valence-electron chi connectivity index (χ1n) is 7.99. The molecular formula is C18H18N2O6. The van der Waals surface area contributed by atoms with Crippen molar-refractivity contribution in [3.8, 4) is 23.0 Å². The Morgan fingerprint density at radius 2 is 1.12 bits per heavy atom. The zero-order valence-corrected chi connectivity index (χ0v) is 14.3. The molecule has 0 fully saturated rings. The molecule has 0 saturated heterocycles. The number of nitrogen functional groups attached to an aromatic ring is 2. The van der Waals surface area contributed by atoms with E-state index >= 15 is 0 Å². The largest absolute Gasteiger partial charge is 0.504 e. The molecule has 1 aliphatic rings. The van der Waals surface area contributed by atoms with E-state index in [4.69, 9.17) is 20.9 Å². The maximum absolute atomic E-state index is 13.0. The van der Waals surface area contributed by atoms with E-state index in [9.17, 15) is 19.8 Å². The number of ether oxygens (including phenoxy) is 2. The Morgan fingerprint density at radius 1 is 0.769 bits per heavy atom. The van der Waals surface area contributed by atoms with Crippen LogP contribution in [0.5, 0.6) is 23.0 Å². The third kappa shape index (κ3) is 2.30. The Hall–Kier alpha value is -3.42. The van der Waals surface area contributed by atoms with Crippen molar-refractivity contribution in [2.24, 2.45) is 0 Å². The molecule has 1 aliphatic carbocycles. The zero-order chi connectivity index (χ0) is 19.2. The molecule has 136 valence electrons. The van der Waals surface area contributed by atoms with Crippen molar-refractivity contribution in [2.45, 2.75) is 13.8 Å². The number of aromatic hydroxyl groups is 2. The molecule has 26 heavy (non-hydrogen) atoms. The van der Waals surface area contributed by atoms with Crippen molar-refractivity contribution in [3.63, 3.8) is 0 Å². The minimum Gasteiger partial charge on any atom is -0.504 e. The van der Waals surface area contributed by atoms with Gasteiger partial charge in [-0.05, 0) is 13.8 Å². The number of nitrogens with two attached hydrogens (primary N) is 2. The molecule has 0 spiro atoms. The predicted molar refractivity (Wildman–Crippen MR) is 94.2 cm³/mol. The van der Waals surface area contributed by atoms with E-state index in [1.807, 2.05) is 0 Å². The Labute approximate surface area is 148 Å². The topological polar surface area (TPSA) is 145 Å². The van der Waals surface area contributed by atoms with Crippen LogP contribution < -0.4 is 20.9 Å². The summed E-state index contributed by atoms with van der Waals surface area (Å²) in [4.78, 5) is 25.9. The van der Waals surface area contributed by atoms with E-state index in [-0.39, 0.29) is 58.3 Å². The van der Waals surface area contributed by atoms with Crippen molar-refractivity contribution in [1.29, 1.82) is 0 Å². The smallest absolute Gasteiger partial charge is 0.202 e. The van der Waals surface area contributed by atoms with Crippen LogP contribution in [0, 0.1) is 0 Å². The average molecular weight is 358 g/mol. The molecule has 8 heteroatoms. The van der Waals surface area contributed by atoms with Crippen LogP contribution in [-0.2, 0) is 0 Å². The van der Waals surface area contributed by atoms with Crippen LogP contribution in [0.25, 0.3) is 0 Å². The van der Waals surface area contributed by atoms with Gasteiger partial charge in [-0.15, -0.1) is 0 Å². The highest BCUT2D eigenvalue weighted by Gasteiger charge is 2.39. The van der Waals surface area contributed by atoms with Gasteiger partial charge in [0.2, 0.25) is 5.78 Å². The van der Waals surface area contributed by atoms with Gasteiger partial charge in [0.05, 0.1) is 35.5 Å². The van der Waals surface area contributed by atoms with Crippen molar-refractivity contribution in [1.82, 2.24) is 0 Å². The first kappa shape index (κ1) is 17.4. The van der Waals surface area contributed by atoms with Crippen LogP contribution in [0.15, 0.2) is 12.1 Å². The summed E-state index contributed by atoms with van der Waals surface area (Å²) in [5, 5.41) is 20.9. The average Bonchev–Trinajstić information content (AvgIpc) is 2.58. The fourth-order valence-electron chi connectivity index (χ4n) is 3.05. The number of ketones is 2. The van der Waals surface area contributed by atoms with Crippen LogP contribution in [0.3, 0.4) is 0 Å². The Morgan fingerprint density at radius 3 is 1.46 bits per heavy atom. The number of anilines is 2. The number of hydrogen-bond acceptors (Lipinski definition) is 8. The number of fused-ring (bicyclic) bond motifs is 2. The third-order valence-electron chi connectivity index (χ3n) is 4.10. The number of carbonyl (C=O) groups excluding carboxylic acids is 2. The second-order valence-electron chi connectivity index (χ2n) is 5.65. The maximum Gasteiger partial charge on any atom is 0.202 e. The second-order valence-corrected chi connectivity index (χ2v) is 5.65. The first-order valence-corrected chi connectivity index (χ1v) is 7.99. The lowest BCUT2D eigenvalue weighted by Gasteiger charge is -2.24. The van der Waals surface area contributed by atoms with Crippen LogP contribution in [-0.4, -0.2) is 35.0 Å². The highest BCUT2D eigenvalue weighted by atomic mass is 16.5. The van der Waals surface area contributed by atoms with Gasteiger partial charge in [-0.25, -0.2) is 0 Å². The molecular weight excluding hydrogens is 340 g/mol. The summed E-state index contributed by atoms with van der Waals surface area (Å²) in [6.07, 6.45) is 0. The van der Waals surface area contributed by atoms with Crippen molar-refractivity contribution < 1.29 is 29.3 Å². The highest BCUT2D eigenvalue weighted by Crippen LogP contribution is 2.47. The van der Waals surface area contributed by atoms with Gasteiger partial charge in [-0.2, -0.15) is 0 Å². The van der Waals surface area contributed by atoms with Gasteiger partial charge >= 0.3 is 0 Å². The molecule has 0 atom stereocenters. The molecule has 3 rings (SSSR count). The van der Waals surface area contributed by atoms with E-state index < -0.39 is 23.1 Å². The van der Waals surface area contributed by atoms with E-state index in [0.29, 0.717) is 0 Å². The van der Waals surface area contributed by atoms with Gasteiger partial charge < -0.3 is 31.2 Å². The fraction of sp³-hybridized carbons (Fsp3) is 0.222. The minimum atomic E-state index is -0.786. The summed E-state index contributed by atoms with van der Waals surface area (Å²) < 4.78 is 10.5. The quantitative estimate of drug-likeness (QED) is 0.408. The van der Waals surface area contributed by atoms with E-state index in [0.717, 1.165) is 0 Å². The van der Waals surface area contributed by atoms with Crippen LogP contribution in [0.4, 0.5) is 11.4 Å². The van der Waals surface area contributed by atoms with Crippen molar-refractivity contribution in [2.75, 3.05) is 24.7 Å². The van der Waals surface area contributed by atoms with Crippen LogP contribution in [0.2, 0.25) is 0 Å². The molecule has 0 aromatic heterocycles. The van der Waals surface area contributed by atoms with Crippen molar-refractivity contribution in [3.05, 3.63) is 34.4 Å². The monoisotopic (exact) mass is 358 g/mol. The molecule has 0 unspecified atom stereocenters. The number of rotatable bonds is 4. The van der Waals surface area contributed by atoms with Gasteiger partial charge in [0.1, 0.15) is 0 Å². The lowest BCUT2D eigenvalue weighted by atomic mass is 9.81. The molecule has 0 heterocycles. The fourth-order valence-corrected chi connectivity index (χ4v) is 3.05. The Kier molecular flexibility index (Phi) is 4.11. The van der Waals surface area contributed by atoms with E-state index in [1.165, 1.54) is 12.1 Å². The second kappa shape index (κ2) is 6.14. The standard InChI is InChI=1S/C18H18N2O6/c1-3-25-9-5-7(19)11-13(15(9)21)18(24)14-12(17(11)23)8(20)6-10(16(14)22)26-4-2/h5-6,21-22H,3-4,19-20H2,1-2H3. The van der Waals surface area contributed by atoms with E-state index in [2.05, 4.69) is 0 Å². The van der Waals surface area contributed by atoms with Gasteiger partial charge in [-0.3, -0.25) is 9.59 Å². The normalized spacial score (nSPS) is 12.5. The lowest BCUT2D eigenvalue weighted by Crippen LogP contribution is -2.24. The number of hydrogen-bond donors (Lipinski definition) is 4. The van der Waals surface area contributed by atoms with Crippen molar-refractivity contribution >= 4 is 22.9 Å². The number of phenolic OH excluding ortho intramolecular Hbond substituents is 2. The summed E-state index contributed by atoms with van der Waals surface area (Å²) in [6.45, 7) is 3.82. The molecule has 2 aromatic carbocycles. The van der Waals surface area contributed by atoms with Crippen LogP contribution in [0.1, 0.15) is 45.7 Å². The Bertz CT molecular complexity index is 878. The summed E-state index contributed by atoms with van der Waals surface area (Å²) >= 11 is 0. The third-order valence-corrected chi connectivity index (χ3v) is 4.10. The van der Waals surface area contributed by atoms with Gasteiger partial charge in [-0.1, -0.05) is 0 Å². The number of benzene rings is 2. The molecule has 0 bridgehead atoms. The predicted octanol–water partition coefficient (Wildman–Crippen LogP) is 1.83. The molecule has 6 N–H and O–H groups in total. The summed E-state index contributed by atoms with van der Waals surface area (Å²) in [7, 11) is 0. The van der Waals surface area contributed by atoms with Gasteiger partial charge in [0.15, 0.2) is 28.8 Å². The number of phenols is 2. The minimum absolute atomic E-state index is 0.0261. The highest BCUT2D eigenvalue weighted by molar-refractivity contribution is 6.33. The SMILES string of the molecule is CCOc1cc(N)c2c(c1O)C(=O)c1c(O)c(OCC)cc(N)c1C2=O. The molecule has 0 aliphatic heterocycles. The lowest BCUT2D eigenvalue weighted by molar-refractivity contribution is 0.0974. The zero-order valence-electron chi connectivity index (χ0n) is 14.3. The molecule has 0 amide bonds. The van der Waals surface area contributed by atoms with Gasteiger partial charge in [0, 0.05) is 23.5 Å². The van der Waals surface area contributed by atoms with Crippen LogP contribution >= 0.6 is 0 Å². The number of carbonyl (C=O) groups is 2. The summed E-state index contributed by atoms with van der Waals surface area (Å²) in [5.74, 6) is -2.53. The first-order chi connectivity index (χ1) is 12.3. The maximum atomic E-state index is 13.0. The molecule has 2 aromatic rings. The summed E-state index contributed by atoms with van der Waals surface area (Å²) in [5.41, 5.74) is 10.8. The van der Waals surface area contributed by atoms with E-state index in [1.54, 1.807) is 13.8 Å². The molecule has 0 saturated carbocycles. The summed E-state index contributed by atoms with van der Waals surface area (Å²) in [6, 6.07) is 2.55. The Balaban J connectivity index is 2.35. The molecule has 8 nitrogen and oxygen atoms in total. The molecule has 0 radical (unpaired) electrons.